The zero-order valence-electron chi connectivity index (χ0n) is 9.48. The molecular weight excluding hydrogens is 236 g/mol. The lowest BCUT2D eigenvalue weighted by Gasteiger charge is -2.11. The van der Waals surface area contributed by atoms with E-state index in [-0.39, 0.29) is 11.2 Å². The molecule has 2 N–H and O–H groups in total. The van der Waals surface area contributed by atoms with E-state index in [1.807, 2.05) is 25.1 Å². The third-order valence-electron chi connectivity index (χ3n) is 2.66. The number of benzene rings is 1. The first kappa shape index (κ1) is 11.7. The lowest BCUT2D eigenvalue weighted by Crippen LogP contribution is -2.23. The molecular formula is C13H13ClN2O. The molecule has 0 aliphatic heterocycles. The third kappa shape index (κ3) is 2.19. The predicted molar refractivity (Wildman–Crippen MR) is 71.2 cm³/mol. The van der Waals surface area contributed by atoms with Gasteiger partial charge in [-0.3, -0.25) is 4.79 Å². The van der Waals surface area contributed by atoms with E-state index < -0.39 is 0 Å². The van der Waals surface area contributed by atoms with Crippen LogP contribution in [0.4, 0.5) is 5.69 Å². The largest absolute Gasteiger partial charge is 0.394 e. The van der Waals surface area contributed by atoms with Crippen molar-refractivity contribution in [3.05, 3.63) is 51.8 Å². The summed E-state index contributed by atoms with van der Waals surface area (Å²) >= 11 is 5.84. The maximum Gasteiger partial charge on any atom is 0.274 e. The predicted octanol–water partition coefficient (Wildman–Crippen LogP) is 2.77. The van der Waals surface area contributed by atoms with E-state index in [1.54, 1.807) is 22.8 Å². The maximum absolute atomic E-state index is 11.9. The van der Waals surface area contributed by atoms with Crippen molar-refractivity contribution in [2.75, 3.05) is 5.73 Å². The quantitative estimate of drug-likeness (QED) is 0.888. The topological polar surface area (TPSA) is 48.0 Å². The second-order valence-electron chi connectivity index (χ2n) is 3.73. The van der Waals surface area contributed by atoms with Crippen LogP contribution < -0.4 is 11.3 Å². The van der Waals surface area contributed by atoms with Gasteiger partial charge in [-0.15, -0.1) is 0 Å². The fourth-order valence-electron chi connectivity index (χ4n) is 1.78. The Balaban J connectivity index is 2.63. The van der Waals surface area contributed by atoms with Gasteiger partial charge in [-0.2, -0.15) is 0 Å². The maximum atomic E-state index is 11.9. The van der Waals surface area contributed by atoms with Gasteiger partial charge < -0.3 is 10.3 Å². The fourth-order valence-corrected chi connectivity index (χ4v) is 1.91. The van der Waals surface area contributed by atoms with Gasteiger partial charge in [0, 0.05) is 11.6 Å². The van der Waals surface area contributed by atoms with Crippen LogP contribution in [-0.2, 0) is 6.54 Å². The van der Waals surface area contributed by atoms with Crippen molar-refractivity contribution in [2.24, 2.45) is 0 Å². The van der Waals surface area contributed by atoms with Crippen LogP contribution in [0.25, 0.3) is 11.3 Å². The molecule has 2 rings (SSSR count). The minimum atomic E-state index is -0.153. The van der Waals surface area contributed by atoms with Crippen LogP contribution in [0.15, 0.2) is 41.2 Å². The van der Waals surface area contributed by atoms with Crippen LogP contribution >= 0.6 is 11.6 Å². The summed E-state index contributed by atoms with van der Waals surface area (Å²) in [5.74, 6) is 0. The Bertz CT molecular complexity index is 587. The molecule has 0 amide bonds. The summed E-state index contributed by atoms with van der Waals surface area (Å²) in [4.78, 5) is 11.9. The minimum Gasteiger partial charge on any atom is -0.394 e. The number of anilines is 1. The molecule has 0 bridgehead atoms. The summed E-state index contributed by atoms with van der Waals surface area (Å²) in [5.41, 5.74) is 7.53. The average molecular weight is 249 g/mol. The molecule has 88 valence electrons. The van der Waals surface area contributed by atoms with Crippen molar-refractivity contribution in [3.8, 4) is 11.3 Å². The molecule has 0 unspecified atom stereocenters. The molecule has 0 aliphatic carbocycles. The first-order chi connectivity index (χ1) is 8.13. The van der Waals surface area contributed by atoms with Crippen molar-refractivity contribution in [1.82, 2.24) is 4.57 Å². The van der Waals surface area contributed by atoms with Gasteiger partial charge in [0.25, 0.3) is 5.56 Å². The van der Waals surface area contributed by atoms with Gasteiger partial charge in [0.05, 0.1) is 11.4 Å². The third-order valence-corrected chi connectivity index (χ3v) is 2.91. The highest BCUT2D eigenvalue weighted by atomic mass is 35.5. The van der Waals surface area contributed by atoms with Crippen LogP contribution in [0.1, 0.15) is 6.92 Å². The smallest absolute Gasteiger partial charge is 0.274 e. The Kier molecular flexibility index (Phi) is 3.20. The molecule has 3 nitrogen and oxygen atoms in total. The number of hydrogen-bond donors (Lipinski definition) is 1. The van der Waals surface area contributed by atoms with Gasteiger partial charge >= 0.3 is 0 Å². The van der Waals surface area contributed by atoms with Gasteiger partial charge in [0.1, 0.15) is 0 Å². The number of aromatic nitrogens is 1. The molecule has 0 spiro atoms. The molecule has 0 saturated carbocycles. The van der Waals surface area contributed by atoms with E-state index in [0.717, 1.165) is 11.3 Å². The molecule has 1 aromatic carbocycles. The molecule has 0 saturated heterocycles. The minimum absolute atomic E-state index is 0.153. The summed E-state index contributed by atoms with van der Waals surface area (Å²) in [6, 6.07) is 10.9. The number of pyridine rings is 1. The summed E-state index contributed by atoms with van der Waals surface area (Å²) < 4.78 is 1.65. The number of rotatable bonds is 2. The van der Waals surface area contributed by atoms with Crippen LogP contribution in [0, 0.1) is 0 Å². The highest BCUT2D eigenvalue weighted by molar-refractivity contribution is 6.30. The lowest BCUT2D eigenvalue weighted by atomic mass is 10.1. The lowest BCUT2D eigenvalue weighted by molar-refractivity contribution is 0.738. The Morgan fingerprint density at radius 1 is 1.18 bits per heavy atom. The standard InChI is InChI=1S/C13H13ClN2O/c1-2-16-12(8-7-11(15)13(16)17)9-3-5-10(14)6-4-9/h3-8H,2,15H2,1H3. The number of halogens is 1. The van der Waals surface area contributed by atoms with E-state index in [4.69, 9.17) is 17.3 Å². The second kappa shape index (κ2) is 4.63. The zero-order valence-corrected chi connectivity index (χ0v) is 10.2. The van der Waals surface area contributed by atoms with E-state index in [2.05, 4.69) is 0 Å². The molecule has 4 heteroatoms. The molecule has 0 atom stereocenters. The molecule has 0 aliphatic rings. The van der Waals surface area contributed by atoms with E-state index in [9.17, 15) is 4.79 Å². The Morgan fingerprint density at radius 2 is 1.82 bits per heavy atom. The van der Waals surface area contributed by atoms with Gasteiger partial charge in [0.15, 0.2) is 0 Å². The van der Waals surface area contributed by atoms with Crippen LogP contribution in [0.5, 0.6) is 0 Å². The van der Waals surface area contributed by atoms with Crippen molar-refractivity contribution in [3.63, 3.8) is 0 Å². The van der Waals surface area contributed by atoms with Gasteiger partial charge in [-0.1, -0.05) is 23.7 Å². The van der Waals surface area contributed by atoms with Gasteiger partial charge in [-0.25, -0.2) is 0 Å². The number of nitrogens with two attached hydrogens (primary N) is 1. The molecule has 1 aromatic heterocycles. The Labute approximate surface area is 104 Å². The van der Waals surface area contributed by atoms with Crippen LogP contribution in [0.3, 0.4) is 0 Å². The number of nitrogens with zero attached hydrogens (tertiary/aromatic N) is 1. The summed E-state index contributed by atoms with van der Waals surface area (Å²) in [6.45, 7) is 2.50. The molecule has 0 radical (unpaired) electrons. The first-order valence-electron chi connectivity index (χ1n) is 5.38. The van der Waals surface area contributed by atoms with E-state index >= 15 is 0 Å². The van der Waals surface area contributed by atoms with E-state index in [1.165, 1.54) is 0 Å². The van der Waals surface area contributed by atoms with Crippen molar-refractivity contribution in [2.45, 2.75) is 13.5 Å². The Morgan fingerprint density at radius 3 is 2.41 bits per heavy atom. The van der Waals surface area contributed by atoms with Crippen LogP contribution in [0.2, 0.25) is 5.02 Å². The second-order valence-corrected chi connectivity index (χ2v) is 4.17. The van der Waals surface area contributed by atoms with Crippen molar-refractivity contribution in [1.29, 1.82) is 0 Å². The summed E-state index contributed by atoms with van der Waals surface area (Å²) in [7, 11) is 0. The van der Waals surface area contributed by atoms with Gasteiger partial charge in [0.2, 0.25) is 0 Å². The zero-order chi connectivity index (χ0) is 12.4. The summed E-state index contributed by atoms with van der Waals surface area (Å²) in [6.07, 6.45) is 0. The molecule has 0 fully saturated rings. The number of nitrogen functional groups attached to an aromatic ring is 1. The number of hydrogen-bond acceptors (Lipinski definition) is 2. The highest BCUT2D eigenvalue weighted by Gasteiger charge is 2.07. The normalized spacial score (nSPS) is 10.5. The first-order valence-corrected chi connectivity index (χ1v) is 5.76. The highest BCUT2D eigenvalue weighted by Crippen LogP contribution is 2.21. The molecule has 1 heterocycles. The molecule has 2 aromatic rings. The summed E-state index contributed by atoms with van der Waals surface area (Å²) in [5, 5.41) is 0.676. The fraction of sp³-hybridized carbons (Fsp3) is 0.154. The van der Waals surface area contributed by atoms with Crippen LogP contribution in [-0.4, -0.2) is 4.57 Å². The van der Waals surface area contributed by atoms with Gasteiger partial charge in [-0.05, 0) is 36.8 Å². The molecule has 17 heavy (non-hydrogen) atoms. The average Bonchev–Trinajstić information content (AvgIpc) is 2.34. The Hall–Kier alpha value is -1.74. The van der Waals surface area contributed by atoms with Crippen molar-refractivity contribution < 1.29 is 0 Å². The monoisotopic (exact) mass is 248 g/mol. The van der Waals surface area contributed by atoms with Crippen molar-refractivity contribution >= 4 is 17.3 Å². The SMILES string of the molecule is CCn1c(-c2ccc(Cl)cc2)ccc(N)c1=O. The van der Waals surface area contributed by atoms with E-state index in [0.29, 0.717) is 11.6 Å².